The molecule has 2 fully saturated rings. The smallest absolute Gasteiger partial charge is 0.214 e. The number of aliphatic imine (C=N–C) groups is 1. The Morgan fingerprint density at radius 3 is 2.60 bits per heavy atom. The van der Waals surface area contributed by atoms with Gasteiger partial charge in [0.2, 0.25) is 10.0 Å². The van der Waals surface area contributed by atoms with E-state index >= 15 is 0 Å². The average Bonchev–Trinajstić information content (AvgIpc) is 3.39. The zero-order chi connectivity index (χ0) is 20.7. The highest BCUT2D eigenvalue weighted by Gasteiger charge is 2.27. The van der Waals surface area contributed by atoms with Gasteiger partial charge < -0.3 is 15.5 Å². The van der Waals surface area contributed by atoms with E-state index in [-0.39, 0.29) is 35.8 Å². The molecule has 2 aliphatic heterocycles. The number of sulfonamides is 1. The molecule has 1 aromatic rings. The first-order valence-corrected chi connectivity index (χ1v) is 13.1. The Balaban J connectivity index is 0.00000320. The normalized spacial score (nSPS) is 19.0. The maximum Gasteiger partial charge on any atom is 0.214 e. The van der Waals surface area contributed by atoms with Crippen molar-refractivity contribution in [3.63, 3.8) is 0 Å². The molecule has 0 atom stereocenters. The van der Waals surface area contributed by atoms with E-state index in [0.29, 0.717) is 19.5 Å². The zero-order valence-electron chi connectivity index (χ0n) is 18.0. The highest BCUT2D eigenvalue weighted by atomic mass is 127. The van der Waals surface area contributed by atoms with Gasteiger partial charge in [-0.3, -0.25) is 4.99 Å². The first-order valence-electron chi connectivity index (χ1n) is 10.7. The number of halogens is 1. The van der Waals surface area contributed by atoms with Crippen molar-refractivity contribution in [1.29, 1.82) is 0 Å². The van der Waals surface area contributed by atoms with Crippen LogP contribution in [0.2, 0.25) is 0 Å². The van der Waals surface area contributed by atoms with Crippen molar-refractivity contribution in [2.75, 3.05) is 50.4 Å². The summed E-state index contributed by atoms with van der Waals surface area (Å²) in [5.41, 5.74) is 1.12. The van der Waals surface area contributed by atoms with E-state index < -0.39 is 10.0 Å². The molecule has 0 saturated carbocycles. The van der Waals surface area contributed by atoms with Crippen LogP contribution < -0.4 is 15.5 Å². The largest absolute Gasteiger partial charge is 0.356 e. The molecule has 0 aromatic carbocycles. The summed E-state index contributed by atoms with van der Waals surface area (Å²) in [7, 11) is -1.32. The minimum Gasteiger partial charge on any atom is -0.356 e. The number of anilines is 1. The minimum absolute atomic E-state index is 0. The molecule has 0 amide bonds. The van der Waals surface area contributed by atoms with Gasteiger partial charge in [-0.25, -0.2) is 17.7 Å². The number of guanidine groups is 1. The molecular formula is C19H35IN6O2S2. The third kappa shape index (κ3) is 7.20. The van der Waals surface area contributed by atoms with E-state index in [9.17, 15) is 8.42 Å². The van der Waals surface area contributed by atoms with Gasteiger partial charge in [0.05, 0.1) is 11.4 Å². The monoisotopic (exact) mass is 570 g/mol. The standard InChI is InChI=1S/C19H34N6O2S2.HI/c1-3-14-29(26,27)25-12-7-16(8-13-25)22-18(20-2)21-9-6-17-15-28-19(23-17)24-10-4-5-11-24;/h15-16H,3-14H2,1-2H3,(H2,20,21,22);1H. The van der Waals surface area contributed by atoms with Crippen LogP contribution in [0.5, 0.6) is 0 Å². The maximum absolute atomic E-state index is 12.2. The molecule has 2 saturated heterocycles. The third-order valence-corrected chi connectivity index (χ3v) is 8.49. The highest BCUT2D eigenvalue weighted by molar-refractivity contribution is 14.0. The van der Waals surface area contributed by atoms with Gasteiger partial charge in [-0.15, -0.1) is 35.3 Å². The lowest BCUT2D eigenvalue weighted by Crippen LogP contribution is -2.50. The molecule has 30 heavy (non-hydrogen) atoms. The summed E-state index contributed by atoms with van der Waals surface area (Å²) in [4.78, 5) is 11.4. The fourth-order valence-electron chi connectivity index (χ4n) is 3.83. The number of hydrogen-bond donors (Lipinski definition) is 2. The van der Waals surface area contributed by atoms with Crippen molar-refractivity contribution in [2.24, 2.45) is 4.99 Å². The van der Waals surface area contributed by atoms with Crippen molar-refractivity contribution in [1.82, 2.24) is 19.9 Å². The fourth-order valence-corrected chi connectivity index (χ4v) is 6.28. The van der Waals surface area contributed by atoms with Gasteiger partial charge in [0, 0.05) is 57.6 Å². The SMILES string of the molecule is CCCS(=O)(=O)N1CCC(NC(=NC)NCCc2csc(N3CCCC3)n2)CC1.I. The van der Waals surface area contributed by atoms with Crippen LogP contribution in [0.1, 0.15) is 44.7 Å². The van der Waals surface area contributed by atoms with Gasteiger partial charge in [0.15, 0.2) is 11.1 Å². The fraction of sp³-hybridized carbons (Fsp3) is 0.789. The van der Waals surface area contributed by atoms with Gasteiger partial charge in [-0.05, 0) is 32.1 Å². The second-order valence-corrected chi connectivity index (χ2v) is 10.6. The zero-order valence-corrected chi connectivity index (χ0v) is 21.9. The summed E-state index contributed by atoms with van der Waals surface area (Å²) in [5, 5.41) is 10.1. The molecule has 11 heteroatoms. The molecule has 1 aromatic heterocycles. The molecule has 2 N–H and O–H groups in total. The van der Waals surface area contributed by atoms with Crippen LogP contribution in [0.3, 0.4) is 0 Å². The van der Waals surface area contributed by atoms with E-state index in [4.69, 9.17) is 4.98 Å². The van der Waals surface area contributed by atoms with Crippen LogP contribution in [-0.4, -0.2) is 75.2 Å². The number of nitrogens with one attached hydrogen (secondary N) is 2. The molecule has 0 bridgehead atoms. The van der Waals surface area contributed by atoms with Crippen LogP contribution in [-0.2, 0) is 16.4 Å². The Labute approximate surface area is 202 Å². The predicted molar refractivity (Wildman–Crippen MR) is 136 cm³/mol. The Kier molecular flexibility index (Phi) is 10.6. The van der Waals surface area contributed by atoms with Gasteiger partial charge >= 0.3 is 0 Å². The lowest BCUT2D eigenvalue weighted by molar-refractivity contribution is 0.306. The van der Waals surface area contributed by atoms with Crippen molar-refractivity contribution in [2.45, 2.75) is 51.5 Å². The number of nitrogens with zero attached hydrogens (tertiary/aromatic N) is 4. The maximum atomic E-state index is 12.2. The quantitative estimate of drug-likeness (QED) is 0.283. The van der Waals surface area contributed by atoms with Crippen molar-refractivity contribution < 1.29 is 8.42 Å². The van der Waals surface area contributed by atoms with E-state index in [2.05, 4.69) is 25.9 Å². The first kappa shape index (κ1) is 25.6. The number of hydrogen-bond acceptors (Lipinski definition) is 6. The summed E-state index contributed by atoms with van der Waals surface area (Å²) in [6, 6.07) is 0.246. The summed E-state index contributed by atoms with van der Waals surface area (Å²) >= 11 is 1.73. The van der Waals surface area contributed by atoms with Crippen molar-refractivity contribution >= 4 is 56.4 Å². The van der Waals surface area contributed by atoms with Crippen molar-refractivity contribution in [3.05, 3.63) is 11.1 Å². The molecule has 0 unspecified atom stereocenters. The number of aromatic nitrogens is 1. The van der Waals surface area contributed by atoms with E-state index in [0.717, 1.165) is 55.7 Å². The molecule has 3 rings (SSSR count). The minimum atomic E-state index is -3.09. The first-order chi connectivity index (χ1) is 14.0. The summed E-state index contributed by atoms with van der Waals surface area (Å²) < 4.78 is 26.0. The van der Waals surface area contributed by atoms with Crippen LogP contribution in [0.25, 0.3) is 0 Å². The van der Waals surface area contributed by atoms with Crippen molar-refractivity contribution in [3.8, 4) is 0 Å². The topological polar surface area (TPSA) is 89.9 Å². The lowest BCUT2D eigenvalue weighted by atomic mass is 10.1. The Morgan fingerprint density at radius 1 is 1.27 bits per heavy atom. The third-order valence-electron chi connectivity index (χ3n) is 5.46. The van der Waals surface area contributed by atoms with Gasteiger partial charge in [-0.1, -0.05) is 6.92 Å². The Hall–Kier alpha value is -0.660. The van der Waals surface area contributed by atoms with Crippen LogP contribution in [0.4, 0.5) is 5.13 Å². The molecule has 0 radical (unpaired) electrons. The summed E-state index contributed by atoms with van der Waals surface area (Å²) in [6.45, 7) is 6.08. The van der Waals surface area contributed by atoms with Crippen LogP contribution in [0, 0.1) is 0 Å². The van der Waals surface area contributed by atoms with E-state index in [1.54, 1.807) is 22.7 Å². The molecule has 2 aliphatic rings. The van der Waals surface area contributed by atoms with Crippen LogP contribution >= 0.6 is 35.3 Å². The van der Waals surface area contributed by atoms with Gasteiger partial charge in [0.1, 0.15) is 0 Å². The Morgan fingerprint density at radius 2 is 1.97 bits per heavy atom. The number of piperidine rings is 1. The lowest BCUT2D eigenvalue weighted by Gasteiger charge is -2.32. The molecule has 172 valence electrons. The molecule has 0 aliphatic carbocycles. The predicted octanol–water partition coefficient (Wildman–Crippen LogP) is 2.27. The summed E-state index contributed by atoms with van der Waals surface area (Å²) in [5.74, 6) is 1.01. The number of rotatable bonds is 8. The Bertz CT molecular complexity index is 772. The van der Waals surface area contributed by atoms with Crippen LogP contribution in [0.15, 0.2) is 10.4 Å². The summed E-state index contributed by atoms with van der Waals surface area (Å²) in [6.07, 6.45) is 5.65. The number of thiazole rings is 1. The van der Waals surface area contributed by atoms with Gasteiger partial charge in [0.25, 0.3) is 0 Å². The average molecular weight is 571 g/mol. The second kappa shape index (κ2) is 12.4. The van der Waals surface area contributed by atoms with Gasteiger partial charge in [-0.2, -0.15) is 0 Å². The highest BCUT2D eigenvalue weighted by Crippen LogP contribution is 2.24. The van der Waals surface area contributed by atoms with E-state index in [1.807, 2.05) is 6.92 Å². The second-order valence-electron chi connectivity index (χ2n) is 7.70. The van der Waals surface area contributed by atoms with E-state index in [1.165, 1.54) is 12.8 Å². The molecule has 8 nitrogen and oxygen atoms in total. The molecule has 0 spiro atoms. The molecular weight excluding hydrogens is 535 g/mol. The molecule has 3 heterocycles.